The minimum absolute atomic E-state index is 1.14. The van der Waals surface area contributed by atoms with Crippen molar-refractivity contribution in [1.29, 1.82) is 0 Å². The van der Waals surface area contributed by atoms with Gasteiger partial charge in [-0.1, -0.05) is 64.2 Å². The van der Waals surface area contributed by atoms with Gasteiger partial charge in [-0.15, -0.1) is 0 Å². The highest BCUT2D eigenvalue weighted by Gasteiger charge is 2.24. The van der Waals surface area contributed by atoms with Crippen molar-refractivity contribution in [3.05, 3.63) is 0 Å². The van der Waals surface area contributed by atoms with E-state index in [4.69, 9.17) is 4.89 Å². The predicted molar refractivity (Wildman–Crippen MR) is 71.4 cm³/mol. The van der Waals surface area contributed by atoms with E-state index >= 15 is 0 Å². The number of rotatable bonds is 2. The Labute approximate surface area is 106 Å². The molecule has 2 rings (SSSR count). The minimum Gasteiger partial charge on any atom is -0.326 e. The molecule has 0 aromatic heterocycles. The average Bonchev–Trinajstić information content (AvgIpc) is 2.41. The van der Waals surface area contributed by atoms with E-state index in [0.717, 1.165) is 11.8 Å². The van der Waals surface area contributed by atoms with Gasteiger partial charge in [0.15, 0.2) is 0 Å². The molecular weight excluding hydrogens is 235 g/mol. The van der Waals surface area contributed by atoms with Crippen molar-refractivity contribution in [2.45, 2.75) is 64.2 Å². The first-order chi connectivity index (χ1) is 8.24. The Hall–Kier alpha value is 0.150. The van der Waals surface area contributed by atoms with Crippen LogP contribution in [0, 0.1) is 11.8 Å². The van der Waals surface area contributed by atoms with E-state index in [1.54, 1.807) is 25.7 Å². The Morgan fingerprint density at radius 2 is 1.18 bits per heavy atom. The summed E-state index contributed by atoms with van der Waals surface area (Å²) in [6.07, 6.45) is 15.4. The maximum Gasteiger partial charge on any atom is 0.316 e. The highest BCUT2D eigenvalue weighted by molar-refractivity contribution is 7.32. The summed E-state index contributed by atoms with van der Waals surface area (Å²) in [5.41, 5.74) is 0. The summed E-state index contributed by atoms with van der Waals surface area (Å²) in [5, 5.41) is 0. The molecule has 2 aliphatic carbocycles. The molecule has 0 aromatic carbocycles. The van der Waals surface area contributed by atoms with Crippen LogP contribution in [0.2, 0.25) is 0 Å². The summed E-state index contributed by atoms with van der Waals surface area (Å²) < 4.78 is 13.2. The summed E-state index contributed by atoms with van der Waals surface area (Å²) in [4.78, 5) is 7.69. The van der Waals surface area contributed by atoms with Crippen molar-refractivity contribution in [1.82, 2.24) is 0 Å². The molecule has 0 heterocycles. The Morgan fingerprint density at radius 3 is 1.41 bits per heavy atom. The fraction of sp³-hybridized carbons (Fsp3) is 1.00. The first kappa shape index (κ1) is 15.2. The second kappa shape index (κ2) is 9.13. The zero-order chi connectivity index (χ0) is 12.5. The van der Waals surface area contributed by atoms with Crippen LogP contribution in [0.3, 0.4) is 0 Å². The molecule has 0 amide bonds. The Bertz CT molecular complexity index is 193. The number of hydrogen-bond donors (Lipinski definition) is 1. The lowest BCUT2D eigenvalue weighted by atomic mass is 9.73. The van der Waals surface area contributed by atoms with Gasteiger partial charge < -0.3 is 9.42 Å². The van der Waals surface area contributed by atoms with E-state index in [2.05, 4.69) is 4.52 Å². The van der Waals surface area contributed by atoms with Crippen LogP contribution in [0.1, 0.15) is 64.2 Å². The smallest absolute Gasteiger partial charge is 0.316 e. The maximum atomic E-state index is 9.33. The molecule has 0 saturated heterocycles. The van der Waals surface area contributed by atoms with E-state index in [1.807, 2.05) is 0 Å². The molecule has 1 atom stereocenters. The third-order valence-electron chi connectivity index (χ3n) is 4.14. The highest BCUT2D eigenvalue weighted by Crippen LogP contribution is 2.37. The van der Waals surface area contributed by atoms with Crippen LogP contribution in [-0.4, -0.2) is 12.0 Å². The van der Waals surface area contributed by atoms with Gasteiger partial charge in [0, 0.05) is 7.11 Å². The second-order valence-electron chi connectivity index (χ2n) is 5.27. The first-order valence-corrected chi connectivity index (χ1v) is 8.27. The fourth-order valence-electron chi connectivity index (χ4n) is 3.21. The van der Waals surface area contributed by atoms with Crippen molar-refractivity contribution in [2.24, 2.45) is 11.8 Å². The van der Waals surface area contributed by atoms with Crippen molar-refractivity contribution < 1.29 is 14.0 Å². The standard InChI is InChI=1S/C12H22.CH5O3P/c1-3-7-11(8-4-1)12-9-5-2-6-10-12;1-4-5(2)3/h11-12H,1-10H2;5H,1H3,(H,2,3). The zero-order valence-electron chi connectivity index (χ0n) is 11.0. The van der Waals surface area contributed by atoms with Gasteiger partial charge >= 0.3 is 8.25 Å². The molecule has 0 aromatic rings. The molecule has 1 unspecified atom stereocenters. The molecule has 1 N–H and O–H groups in total. The lowest BCUT2D eigenvalue weighted by Gasteiger charge is -2.32. The summed E-state index contributed by atoms with van der Waals surface area (Å²) in [6.45, 7) is 0. The minimum atomic E-state index is -2.62. The topological polar surface area (TPSA) is 46.5 Å². The number of hydrogen-bond acceptors (Lipinski definition) is 2. The van der Waals surface area contributed by atoms with Gasteiger partial charge in [-0.3, -0.25) is 4.57 Å². The van der Waals surface area contributed by atoms with Gasteiger partial charge in [-0.25, -0.2) is 0 Å². The monoisotopic (exact) mass is 262 g/mol. The average molecular weight is 262 g/mol. The molecule has 0 spiro atoms. The quantitative estimate of drug-likeness (QED) is 0.760. The van der Waals surface area contributed by atoms with Gasteiger partial charge in [-0.2, -0.15) is 0 Å². The van der Waals surface area contributed by atoms with Crippen molar-refractivity contribution in [3.8, 4) is 0 Å². The van der Waals surface area contributed by atoms with Crippen LogP contribution in [0.4, 0.5) is 0 Å². The Kier molecular flexibility index (Phi) is 8.17. The van der Waals surface area contributed by atoms with Crippen LogP contribution in [0.25, 0.3) is 0 Å². The fourth-order valence-corrected chi connectivity index (χ4v) is 3.21. The molecule has 4 heteroatoms. The molecule has 0 aliphatic heterocycles. The maximum absolute atomic E-state index is 9.33. The van der Waals surface area contributed by atoms with Crippen LogP contribution in [0.15, 0.2) is 0 Å². The van der Waals surface area contributed by atoms with E-state index in [0.29, 0.717) is 0 Å². The zero-order valence-corrected chi connectivity index (χ0v) is 12.0. The Morgan fingerprint density at radius 1 is 0.882 bits per heavy atom. The molecule has 2 aliphatic rings. The van der Waals surface area contributed by atoms with Crippen molar-refractivity contribution >= 4 is 8.25 Å². The Balaban J connectivity index is 0.000000249. The normalized spacial score (nSPS) is 24.8. The molecule has 0 radical (unpaired) electrons. The SMILES string of the molecule is C1CCC(C2CCCCC2)CC1.CO[PH](=O)O. The summed E-state index contributed by atoms with van der Waals surface area (Å²) in [7, 11) is -1.44. The highest BCUT2D eigenvalue weighted by atomic mass is 31.1. The molecule has 17 heavy (non-hydrogen) atoms. The van der Waals surface area contributed by atoms with Gasteiger partial charge in [0.2, 0.25) is 0 Å². The third-order valence-corrected chi connectivity index (χ3v) is 4.49. The lowest BCUT2D eigenvalue weighted by molar-refractivity contribution is 0.196. The lowest BCUT2D eigenvalue weighted by Crippen LogP contribution is -2.20. The van der Waals surface area contributed by atoms with Crippen molar-refractivity contribution in [2.75, 3.05) is 7.11 Å². The molecule has 102 valence electrons. The van der Waals surface area contributed by atoms with E-state index < -0.39 is 8.25 Å². The first-order valence-electron chi connectivity index (χ1n) is 7.01. The third kappa shape index (κ3) is 6.59. The molecule has 2 fully saturated rings. The van der Waals surface area contributed by atoms with Gasteiger partial charge in [0.1, 0.15) is 0 Å². The molecular formula is C13H27O3P. The van der Waals surface area contributed by atoms with Crippen LogP contribution < -0.4 is 0 Å². The molecule has 2 saturated carbocycles. The molecule has 3 nitrogen and oxygen atoms in total. The van der Waals surface area contributed by atoms with E-state index in [-0.39, 0.29) is 0 Å². The van der Waals surface area contributed by atoms with Gasteiger partial charge in [0.25, 0.3) is 0 Å². The summed E-state index contributed by atoms with van der Waals surface area (Å²) in [5.74, 6) is 2.28. The van der Waals surface area contributed by atoms with Gasteiger partial charge in [-0.05, 0) is 11.8 Å². The van der Waals surface area contributed by atoms with Crippen molar-refractivity contribution in [3.63, 3.8) is 0 Å². The predicted octanol–water partition coefficient (Wildman–Crippen LogP) is 4.16. The van der Waals surface area contributed by atoms with Crippen LogP contribution >= 0.6 is 8.25 Å². The van der Waals surface area contributed by atoms with E-state index in [1.165, 1.54) is 45.6 Å². The summed E-state index contributed by atoms with van der Waals surface area (Å²) >= 11 is 0. The molecule has 0 bridgehead atoms. The van der Waals surface area contributed by atoms with Gasteiger partial charge in [0.05, 0.1) is 0 Å². The van der Waals surface area contributed by atoms with E-state index in [9.17, 15) is 4.57 Å². The second-order valence-corrected chi connectivity index (χ2v) is 6.21. The van der Waals surface area contributed by atoms with Crippen LogP contribution in [0.5, 0.6) is 0 Å². The van der Waals surface area contributed by atoms with Crippen LogP contribution in [-0.2, 0) is 9.09 Å². The summed E-state index contributed by atoms with van der Waals surface area (Å²) in [6, 6.07) is 0. The largest absolute Gasteiger partial charge is 0.326 e.